The van der Waals surface area contributed by atoms with Gasteiger partial charge in [0.15, 0.2) is 24.4 Å². The molecule has 0 aromatic heterocycles. The van der Waals surface area contributed by atoms with E-state index in [1.807, 2.05) is 24.3 Å². The van der Waals surface area contributed by atoms with Crippen LogP contribution in [-0.2, 0) is 33.4 Å². The first-order valence-corrected chi connectivity index (χ1v) is 17.7. The monoisotopic (exact) mass is 863 g/mol. The molecule has 0 spiro atoms. The van der Waals surface area contributed by atoms with E-state index in [2.05, 4.69) is 33.2 Å². The van der Waals surface area contributed by atoms with E-state index in [4.69, 9.17) is 34.8 Å². The Bertz CT molecular complexity index is 1750. The van der Waals surface area contributed by atoms with Crippen molar-refractivity contribution in [3.63, 3.8) is 0 Å². The van der Waals surface area contributed by atoms with Crippen molar-refractivity contribution in [3.05, 3.63) is 81.9 Å². The van der Waals surface area contributed by atoms with Crippen LogP contribution in [0.15, 0.2) is 72.8 Å². The molecule has 16 nitrogen and oxygen atoms in total. The normalized spacial score (nSPS) is 17.9. The Balaban J connectivity index is 0.000000261. The van der Waals surface area contributed by atoms with Crippen LogP contribution in [0.3, 0.4) is 0 Å². The molecule has 2 saturated heterocycles. The van der Waals surface area contributed by atoms with Crippen molar-refractivity contribution in [3.8, 4) is 11.5 Å². The highest BCUT2D eigenvalue weighted by atomic mass is 127. The van der Waals surface area contributed by atoms with Gasteiger partial charge in [-0.15, -0.1) is 0 Å². The molecule has 5 rings (SSSR count). The number of methoxy groups -OCH3 is 2. The van der Waals surface area contributed by atoms with Crippen molar-refractivity contribution in [2.24, 2.45) is 5.73 Å². The first-order chi connectivity index (χ1) is 25.6. The number of aliphatic hydroxyl groups excluding tert-OH is 2. The van der Waals surface area contributed by atoms with Crippen LogP contribution in [0.25, 0.3) is 0 Å². The Morgan fingerprint density at radius 3 is 2.07 bits per heavy atom. The minimum Gasteiger partial charge on any atom is -0.496 e. The largest absolute Gasteiger partial charge is 0.496 e. The summed E-state index contributed by atoms with van der Waals surface area (Å²) in [5.41, 5.74) is 6.13. The lowest BCUT2D eigenvalue weighted by molar-refractivity contribution is -0.178. The van der Waals surface area contributed by atoms with E-state index in [1.54, 1.807) is 76.4 Å². The molecule has 4 atom stereocenters. The number of nitrogens with one attached hydrogen (secondary N) is 3. The number of amidine groups is 1. The molecular weight excluding hydrogens is 817 g/mol. The first-order valence-electron chi connectivity index (χ1n) is 16.7. The molecule has 0 aliphatic carbocycles. The predicted octanol–water partition coefficient (Wildman–Crippen LogP) is 2.21. The molecule has 2 fully saturated rings. The number of hydrogen-bond donors (Lipinski definition) is 6. The number of nitrogens with zero attached hydrogens (tertiary/aromatic N) is 1. The van der Waals surface area contributed by atoms with E-state index >= 15 is 0 Å². The molecule has 2 heterocycles. The van der Waals surface area contributed by atoms with Gasteiger partial charge in [-0.3, -0.25) is 19.8 Å². The Hall–Kier alpha value is -4.82. The number of carbonyl (C=O) groups excluding carboxylic acids is 4. The summed E-state index contributed by atoms with van der Waals surface area (Å²) in [6.45, 7) is 6.13. The molecule has 3 amide bonds. The average Bonchev–Trinajstić information content (AvgIpc) is 3.15. The molecule has 0 radical (unpaired) electrons. The number of aliphatic hydroxyl groups is 2. The van der Waals surface area contributed by atoms with Crippen LogP contribution in [0, 0.1) is 8.98 Å². The number of ether oxygens (including phenoxy) is 5. The molecule has 0 bridgehead atoms. The smallest absolute Gasteiger partial charge is 0.338 e. The van der Waals surface area contributed by atoms with Crippen molar-refractivity contribution in [2.45, 2.75) is 50.8 Å². The van der Waals surface area contributed by atoms with Gasteiger partial charge < -0.3 is 55.2 Å². The van der Waals surface area contributed by atoms with Crippen molar-refractivity contribution >= 4 is 63.5 Å². The summed E-state index contributed by atoms with van der Waals surface area (Å²) in [4.78, 5) is 49.5. The van der Waals surface area contributed by atoms with Crippen LogP contribution >= 0.6 is 22.6 Å². The van der Waals surface area contributed by atoms with Gasteiger partial charge in [0.05, 0.1) is 36.7 Å². The van der Waals surface area contributed by atoms with Crippen molar-refractivity contribution in [1.82, 2.24) is 5.32 Å². The Morgan fingerprint density at radius 2 is 1.52 bits per heavy atom. The van der Waals surface area contributed by atoms with Crippen molar-refractivity contribution < 1.29 is 53.1 Å². The summed E-state index contributed by atoms with van der Waals surface area (Å²) in [7, 11) is 3.18. The topological polar surface area (TPSA) is 232 Å². The third-order valence-corrected chi connectivity index (χ3v) is 8.36. The number of halogens is 1. The summed E-state index contributed by atoms with van der Waals surface area (Å²) in [6.07, 6.45) is -5.80. The lowest BCUT2D eigenvalue weighted by atomic mass is 10.1. The second-order valence-electron chi connectivity index (χ2n) is 12.6. The average molecular weight is 864 g/mol. The van der Waals surface area contributed by atoms with Gasteiger partial charge in [0, 0.05) is 24.3 Å². The van der Waals surface area contributed by atoms with Gasteiger partial charge in [0.1, 0.15) is 22.9 Å². The third kappa shape index (κ3) is 12.7. The van der Waals surface area contributed by atoms with Crippen molar-refractivity contribution in [1.29, 1.82) is 5.41 Å². The number of morpholine rings is 2. The fraction of sp³-hybridized carbons (Fsp3) is 0.378. The lowest BCUT2D eigenvalue weighted by Crippen LogP contribution is -2.55. The number of carbonyl (C=O) groups is 4. The van der Waals surface area contributed by atoms with Crippen LogP contribution in [0.4, 0.5) is 11.4 Å². The third-order valence-electron chi connectivity index (χ3n) is 7.47. The van der Waals surface area contributed by atoms with Gasteiger partial charge >= 0.3 is 5.97 Å². The highest BCUT2D eigenvalue weighted by Gasteiger charge is 2.40. The van der Waals surface area contributed by atoms with Gasteiger partial charge in [0.2, 0.25) is 0 Å². The van der Waals surface area contributed by atoms with Crippen LogP contribution in [0.1, 0.15) is 26.3 Å². The van der Waals surface area contributed by atoms with E-state index in [1.165, 1.54) is 12.0 Å². The number of anilines is 2. The fourth-order valence-corrected chi connectivity index (χ4v) is 5.49. The maximum atomic E-state index is 12.9. The number of hydrogen-bond acceptors (Lipinski definition) is 12. The van der Waals surface area contributed by atoms with Crippen LogP contribution in [0.2, 0.25) is 0 Å². The quantitative estimate of drug-likeness (QED) is 0.0788. The highest BCUT2D eigenvalue weighted by molar-refractivity contribution is 14.1. The number of nitrogens with two attached hydrogens (primary N) is 1. The molecule has 17 heteroatoms. The maximum Gasteiger partial charge on any atom is 0.338 e. The first kappa shape index (κ1) is 43.6. The zero-order valence-electron chi connectivity index (χ0n) is 30.5. The van der Waals surface area contributed by atoms with Gasteiger partial charge in [-0.05, 0) is 91.9 Å². The number of nitrogen functional groups attached to an aromatic ring is 1. The number of esters is 1. The van der Waals surface area contributed by atoms with Gasteiger partial charge in [-0.25, -0.2) is 4.79 Å². The molecule has 7 N–H and O–H groups in total. The molecular formula is C37H46IN5O11. The number of benzene rings is 3. The molecule has 0 saturated carbocycles. The van der Waals surface area contributed by atoms with E-state index in [0.717, 1.165) is 9.32 Å². The van der Waals surface area contributed by atoms with E-state index in [9.17, 15) is 29.4 Å². The second kappa shape index (κ2) is 20.6. The molecule has 2 aliphatic heterocycles. The number of amides is 3. The van der Waals surface area contributed by atoms with Gasteiger partial charge in [0.25, 0.3) is 17.7 Å². The summed E-state index contributed by atoms with van der Waals surface area (Å²) in [5, 5.41) is 32.5. The number of rotatable bonds is 9. The Labute approximate surface area is 326 Å². The van der Waals surface area contributed by atoms with Crippen LogP contribution in [-0.4, -0.2) is 110 Å². The molecule has 54 heavy (non-hydrogen) atoms. The minimum absolute atomic E-state index is 0.0967. The maximum absolute atomic E-state index is 12.9. The summed E-state index contributed by atoms with van der Waals surface area (Å²) in [5.74, 6) is -1.31. The Kier molecular flexibility index (Phi) is 16.6. The van der Waals surface area contributed by atoms with Crippen LogP contribution < -0.4 is 30.7 Å². The van der Waals surface area contributed by atoms with Crippen LogP contribution in [0.5, 0.6) is 11.5 Å². The lowest BCUT2D eigenvalue weighted by Gasteiger charge is -2.34. The van der Waals surface area contributed by atoms with Gasteiger partial charge in [-0.1, -0.05) is 24.3 Å². The zero-order chi connectivity index (χ0) is 40.0. The molecule has 3 aromatic rings. The van der Waals surface area contributed by atoms with Crippen molar-refractivity contribution in [2.75, 3.05) is 50.7 Å². The molecule has 3 aromatic carbocycles. The molecule has 2 aliphatic rings. The minimum atomic E-state index is -1.70. The zero-order valence-corrected chi connectivity index (χ0v) is 32.7. The fourth-order valence-electron chi connectivity index (χ4n) is 4.88. The highest BCUT2D eigenvalue weighted by Crippen LogP contribution is 2.30. The predicted molar refractivity (Wildman–Crippen MR) is 207 cm³/mol. The summed E-state index contributed by atoms with van der Waals surface area (Å²) in [6, 6.07) is 21.1. The van der Waals surface area contributed by atoms with E-state index in [0.29, 0.717) is 29.2 Å². The second-order valence-corrected chi connectivity index (χ2v) is 13.7. The SMILES string of the molecule is CC(C)(C)OC(=O)[C@H](O)[C@H]1OCCNC1=O.COc1ccccc1I.COc1ccccc1N1CCO[C@H]([C@@H](O)C(=O)Nc2ccc(C(=N)N)cc2)C1=O. The number of para-hydroxylation sites is 3. The summed E-state index contributed by atoms with van der Waals surface area (Å²) >= 11 is 2.24. The molecule has 0 unspecified atom stereocenters. The molecule has 292 valence electrons. The summed E-state index contributed by atoms with van der Waals surface area (Å²) < 4.78 is 26.9. The standard InChI is InChI=1S/C20H22N4O5.C10H17NO5.C7H7IO/c1-28-15-5-3-2-4-14(15)24-10-11-29-17(20(24)27)16(25)19(26)23-13-8-6-12(7-9-13)18(21)22;1-10(2,3)16-9(14)6(12)7-8(13)11-4-5-15-7;1-9-7-5-3-2-4-6(7)8/h2-9,16-17,25H,10-11H2,1H3,(H3,21,22)(H,23,26);6-7,12H,4-5H2,1-3H3,(H,11,13);2-5H,1H3/t16-,17-;6-,7-;/m11./s1. The Morgan fingerprint density at radius 1 is 0.926 bits per heavy atom. The van der Waals surface area contributed by atoms with E-state index in [-0.39, 0.29) is 25.6 Å². The van der Waals surface area contributed by atoms with E-state index < -0.39 is 53.7 Å². The van der Waals surface area contributed by atoms with Gasteiger partial charge in [-0.2, -0.15) is 0 Å².